The number of aromatic amines is 1. The molecule has 0 atom stereocenters. The van der Waals surface area contributed by atoms with Crippen LogP contribution in [0.3, 0.4) is 0 Å². The largest absolute Gasteiger partial charge is 0.507 e. The third-order valence-corrected chi connectivity index (χ3v) is 6.16. The van der Waals surface area contributed by atoms with Gasteiger partial charge in [0, 0.05) is 49.6 Å². The number of aromatic nitrogens is 3. The van der Waals surface area contributed by atoms with Crippen LogP contribution in [0.2, 0.25) is 0 Å². The smallest absolute Gasteiger partial charge is 0.274 e. The molecule has 9 heteroatoms. The molecule has 0 unspecified atom stereocenters. The summed E-state index contributed by atoms with van der Waals surface area (Å²) in [6, 6.07) is 17.7. The van der Waals surface area contributed by atoms with E-state index in [1.807, 2.05) is 18.2 Å². The van der Waals surface area contributed by atoms with E-state index in [9.17, 15) is 14.7 Å². The van der Waals surface area contributed by atoms with Crippen LogP contribution in [-0.4, -0.2) is 64.2 Å². The minimum atomic E-state index is -0.462. The lowest BCUT2D eigenvalue weighted by atomic mass is 10.1. The van der Waals surface area contributed by atoms with Crippen LogP contribution in [0, 0.1) is 0 Å². The van der Waals surface area contributed by atoms with Gasteiger partial charge in [-0.15, -0.1) is 0 Å². The quantitative estimate of drug-likeness (QED) is 0.419. The first-order chi connectivity index (χ1) is 17.5. The van der Waals surface area contributed by atoms with E-state index in [1.54, 1.807) is 60.7 Å². The first-order valence-electron chi connectivity index (χ1n) is 11.6. The van der Waals surface area contributed by atoms with E-state index in [1.165, 1.54) is 6.08 Å². The van der Waals surface area contributed by atoms with Crippen molar-refractivity contribution in [2.75, 3.05) is 38.2 Å². The van der Waals surface area contributed by atoms with E-state index in [0.717, 1.165) is 5.82 Å². The van der Waals surface area contributed by atoms with Crippen LogP contribution in [0.5, 0.6) is 5.75 Å². The predicted molar refractivity (Wildman–Crippen MR) is 138 cm³/mol. The zero-order valence-electron chi connectivity index (χ0n) is 19.7. The number of fused-ring (bicyclic) bond motifs is 1. The Morgan fingerprint density at radius 1 is 1.03 bits per heavy atom. The third-order valence-electron chi connectivity index (χ3n) is 6.16. The number of amides is 1. The first kappa shape index (κ1) is 23.1. The fourth-order valence-corrected chi connectivity index (χ4v) is 4.17. The Labute approximate surface area is 207 Å². The Morgan fingerprint density at radius 2 is 1.78 bits per heavy atom. The number of pyridine rings is 1. The molecule has 1 fully saturated rings. The number of H-pyrrole nitrogens is 1. The SMILES string of the molecule is COc1ccc(/C(O)=C/c2nc3ccc(C(=O)N4CCN(c5ccccn5)CC4)cc3[nH]c2=O)cc1. The summed E-state index contributed by atoms with van der Waals surface area (Å²) >= 11 is 0. The van der Waals surface area contributed by atoms with Crippen LogP contribution in [0.1, 0.15) is 21.6 Å². The molecule has 2 aromatic carbocycles. The molecule has 5 rings (SSSR count). The number of carbonyl (C=O) groups excluding carboxylic acids is 1. The highest BCUT2D eigenvalue weighted by molar-refractivity contribution is 5.97. The summed E-state index contributed by atoms with van der Waals surface area (Å²) in [6.07, 6.45) is 3.08. The highest BCUT2D eigenvalue weighted by Crippen LogP contribution is 2.20. The van der Waals surface area contributed by atoms with Gasteiger partial charge in [0.2, 0.25) is 0 Å². The van der Waals surface area contributed by atoms with E-state index in [-0.39, 0.29) is 17.4 Å². The molecule has 4 aromatic rings. The molecule has 1 aliphatic heterocycles. The van der Waals surface area contributed by atoms with Gasteiger partial charge < -0.3 is 24.6 Å². The second kappa shape index (κ2) is 9.91. The minimum absolute atomic E-state index is 0.0699. The van der Waals surface area contributed by atoms with Crippen molar-refractivity contribution >= 4 is 34.6 Å². The predicted octanol–water partition coefficient (Wildman–Crippen LogP) is 3.35. The summed E-state index contributed by atoms with van der Waals surface area (Å²) in [4.78, 5) is 41.3. The van der Waals surface area contributed by atoms with Gasteiger partial charge in [0.05, 0.1) is 18.1 Å². The maximum Gasteiger partial charge on any atom is 0.274 e. The number of anilines is 1. The van der Waals surface area contributed by atoms with Crippen LogP contribution < -0.4 is 15.2 Å². The maximum absolute atomic E-state index is 13.1. The van der Waals surface area contributed by atoms with Crippen molar-refractivity contribution in [1.29, 1.82) is 0 Å². The van der Waals surface area contributed by atoms with Crippen LogP contribution in [0.25, 0.3) is 22.9 Å². The molecule has 3 heterocycles. The van der Waals surface area contributed by atoms with Crippen LogP contribution in [0.4, 0.5) is 5.82 Å². The zero-order chi connectivity index (χ0) is 25.1. The average Bonchev–Trinajstić information content (AvgIpc) is 2.93. The van der Waals surface area contributed by atoms with Crippen molar-refractivity contribution in [2.45, 2.75) is 0 Å². The first-order valence-corrected chi connectivity index (χ1v) is 11.6. The third kappa shape index (κ3) is 4.76. The Bertz CT molecular complexity index is 1470. The number of hydrogen-bond acceptors (Lipinski definition) is 7. The molecule has 1 saturated heterocycles. The topological polar surface area (TPSA) is 112 Å². The van der Waals surface area contributed by atoms with Gasteiger partial charge in [-0.3, -0.25) is 9.59 Å². The molecule has 0 spiro atoms. The number of aliphatic hydroxyl groups excluding tert-OH is 1. The van der Waals surface area contributed by atoms with E-state index in [0.29, 0.717) is 54.1 Å². The van der Waals surface area contributed by atoms with E-state index < -0.39 is 5.56 Å². The Balaban J connectivity index is 1.33. The van der Waals surface area contributed by atoms with Crippen molar-refractivity contribution in [3.8, 4) is 5.75 Å². The number of nitrogens with one attached hydrogen (secondary N) is 1. The number of ether oxygens (including phenoxy) is 1. The normalized spacial score (nSPS) is 14.2. The summed E-state index contributed by atoms with van der Waals surface area (Å²) in [5, 5.41) is 10.5. The van der Waals surface area contributed by atoms with Gasteiger partial charge in [-0.05, 0) is 54.6 Å². The summed E-state index contributed by atoms with van der Waals surface area (Å²) in [5.74, 6) is 1.38. The number of methoxy groups -OCH3 is 1. The lowest BCUT2D eigenvalue weighted by molar-refractivity contribution is 0.0746. The highest BCUT2D eigenvalue weighted by atomic mass is 16.5. The highest BCUT2D eigenvalue weighted by Gasteiger charge is 2.23. The van der Waals surface area contributed by atoms with Crippen LogP contribution in [-0.2, 0) is 0 Å². The molecule has 36 heavy (non-hydrogen) atoms. The molecule has 0 radical (unpaired) electrons. The van der Waals surface area contributed by atoms with E-state index in [4.69, 9.17) is 4.74 Å². The summed E-state index contributed by atoms with van der Waals surface area (Å²) in [6.45, 7) is 2.55. The van der Waals surface area contributed by atoms with E-state index in [2.05, 4.69) is 19.9 Å². The van der Waals surface area contributed by atoms with Crippen LogP contribution >= 0.6 is 0 Å². The Morgan fingerprint density at radius 3 is 2.47 bits per heavy atom. The second-order valence-electron chi connectivity index (χ2n) is 8.41. The number of aliphatic hydroxyl groups is 1. The number of rotatable bonds is 5. The lowest BCUT2D eigenvalue weighted by Crippen LogP contribution is -2.49. The zero-order valence-corrected chi connectivity index (χ0v) is 19.7. The van der Waals surface area contributed by atoms with Gasteiger partial charge in [0.15, 0.2) is 0 Å². The van der Waals surface area contributed by atoms with Crippen molar-refractivity contribution in [2.24, 2.45) is 0 Å². The summed E-state index contributed by atoms with van der Waals surface area (Å²) in [7, 11) is 1.56. The van der Waals surface area contributed by atoms with Gasteiger partial charge in [-0.1, -0.05) is 6.07 Å². The molecule has 2 N–H and O–H groups in total. The van der Waals surface area contributed by atoms with Crippen molar-refractivity contribution in [1.82, 2.24) is 19.9 Å². The van der Waals surface area contributed by atoms with Crippen molar-refractivity contribution in [3.05, 3.63) is 94.0 Å². The van der Waals surface area contributed by atoms with Crippen molar-refractivity contribution in [3.63, 3.8) is 0 Å². The Hall–Kier alpha value is -4.66. The lowest BCUT2D eigenvalue weighted by Gasteiger charge is -2.35. The number of nitrogens with zero attached hydrogens (tertiary/aromatic N) is 4. The van der Waals surface area contributed by atoms with Gasteiger partial charge in [-0.25, -0.2) is 9.97 Å². The monoisotopic (exact) mass is 483 g/mol. The van der Waals surface area contributed by atoms with Gasteiger partial charge in [0.25, 0.3) is 11.5 Å². The summed E-state index contributed by atoms with van der Waals surface area (Å²) in [5.41, 5.74) is 1.59. The fourth-order valence-electron chi connectivity index (χ4n) is 4.17. The summed E-state index contributed by atoms with van der Waals surface area (Å²) < 4.78 is 5.12. The van der Waals surface area contributed by atoms with Gasteiger partial charge >= 0.3 is 0 Å². The molecule has 1 aliphatic rings. The number of carbonyl (C=O) groups is 1. The molecule has 0 aliphatic carbocycles. The maximum atomic E-state index is 13.1. The average molecular weight is 484 g/mol. The number of benzene rings is 2. The minimum Gasteiger partial charge on any atom is -0.507 e. The molecule has 182 valence electrons. The molecule has 9 nitrogen and oxygen atoms in total. The van der Waals surface area contributed by atoms with Gasteiger partial charge in [0.1, 0.15) is 23.0 Å². The van der Waals surface area contributed by atoms with Crippen molar-refractivity contribution < 1.29 is 14.6 Å². The second-order valence-corrected chi connectivity index (χ2v) is 8.41. The molecule has 1 amide bonds. The molecule has 0 saturated carbocycles. The molecular weight excluding hydrogens is 458 g/mol. The van der Waals surface area contributed by atoms with Gasteiger partial charge in [-0.2, -0.15) is 0 Å². The molecule has 2 aromatic heterocycles. The van der Waals surface area contributed by atoms with Crippen LogP contribution in [0.15, 0.2) is 71.7 Å². The Kier molecular flexibility index (Phi) is 6.36. The molecule has 0 bridgehead atoms. The standard InChI is InChI=1S/C27H25N5O4/c1-36-20-8-5-18(6-9-20)24(33)17-23-26(34)30-22-16-19(7-10-21(22)29-23)27(35)32-14-12-31(13-15-32)25-4-2-3-11-28-25/h2-11,16-17,33H,12-15H2,1H3,(H,30,34)/b24-17-. The van der Waals surface area contributed by atoms with E-state index >= 15 is 0 Å². The fraction of sp³-hybridized carbons (Fsp3) is 0.185. The molecular formula is C27H25N5O4. The number of piperazine rings is 1. The number of hydrogen-bond donors (Lipinski definition) is 2.